The smallest absolute Gasteiger partial charge is 0.407 e. The first kappa shape index (κ1) is 23.7. The first-order valence-electron chi connectivity index (χ1n) is 9.07. The van der Waals surface area contributed by atoms with Crippen molar-refractivity contribution in [3.63, 3.8) is 0 Å². The van der Waals surface area contributed by atoms with E-state index >= 15 is 0 Å². The van der Waals surface area contributed by atoms with Gasteiger partial charge < -0.3 is 20.1 Å². The van der Waals surface area contributed by atoms with Crippen LogP contribution >= 0.6 is 15.9 Å². The normalized spacial score (nSPS) is 11.2. The number of methoxy groups -OCH3 is 1. The van der Waals surface area contributed by atoms with Gasteiger partial charge in [0.15, 0.2) is 0 Å². The van der Waals surface area contributed by atoms with E-state index in [0.29, 0.717) is 23.9 Å². The van der Waals surface area contributed by atoms with E-state index in [1.54, 1.807) is 0 Å². The lowest BCUT2D eigenvalue weighted by Crippen LogP contribution is -2.41. The number of nitrogens with one attached hydrogen (secondary N) is 2. The minimum absolute atomic E-state index is 0.223. The quantitative estimate of drug-likeness (QED) is 0.372. The third-order valence-electron chi connectivity index (χ3n) is 3.81. The zero-order chi connectivity index (χ0) is 20.8. The summed E-state index contributed by atoms with van der Waals surface area (Å²) in [6.45, 7) is 4.38. The standard InChI is InChI=1S/C20H27BrN2O5/c1-15(21)13-17(19(25)27-2)23-18(24)11-7-4-8-12-22-20(26)28-14-16-9-5-3-6-10-16/h3,5-6,9-10,17H,1,4,7-8,11-14H2,2H3,(H,22,26)(H,23,24)/t17-/m0/s1. The average molecular weight is 455 g/mol. The lowest BCUT2D eigenvalue weighted by molar-refractivity contribution is -0.145. The van der Waals surface area contributed by atoms with Crippen molar-refractivity contribution in [2.45, 2.75) is 44.8 Å². The Morgan fingerprint density at radius 2 is 1.86 bits per heavy atom. The molecule has 0 fully saturated rings. The van der Waals surface area contributed by atoms with Crippen molar-refractivity contribution in [1.82, 2.24) is 10.6 Å². The predicted molar refractivity (Wildman–Crippen MR) is 110 cm³/mol. The number of hydrogen-bond donors (Lipinski definition) is 2. The van der Waals surface area contributed by atoms with Crippen LogP contribution < -0.4 is 10.6 Å². The molecule has 0 saturated heterocycles. The Bertz CT molecular complexity index is 651. The van der Waals surface area contributed by atoms with Gasteiger partial charge in [0.25, 0.3) is 0 Å². The first-order valence-corrected chi connectivity index (χ1v) is 9.86. The van der Waals surface area contributed by atoms with Crippen molar-refractivity contribution in [2.24, 2.45) is 0 Å². The maximum Gasteiger partial charge on any atom is 0.407 e. The first-order chi connectivity index (χ1) is 13.4. The highest BCUT2D eigenvalue weighted by Gasteiger charge is 2.21. The molecule has 7 nitrogen and oxygen atoms in total. The number of rotatable bonds is 12. The number of unbranched alkanes of at least 4 members (excludes halogenated alkanes) is 2. The van der Waals surface area contributed by atoms with Gasteiger partial charge in [0.1, 0.15) is 12.6 Å². The van der Waals surface area contributed by atoms with Crippen molar-refractivity contribution in [1.29, 1.82) is 0 Å². The number of hydrogen-bond acceptors (Lipinski definition) is 5. The third kappa shape index (κ3) is 10.7. The van der Waals surface area contributed by atoms with Crippen molar-refractivity contribution in [3.8, 4) is 0 Å². The van der Waals surface area contributed by atoms with Crippen LogP contribution in [0.1, 0.15) is 37.7 Å². The van der Waals surface area contributed by atoms with Gasteiger partial charge in [0.05, 0.1) is 7.11 Å². The highest BCUT2D eigenvalue weighted by Crippen LogP contribution is 2.11. The molecule has 8 heteroatoms. The molecule has 28 heavy (non-hydrogen) atoms. The molecule has 1 aromatic rings. The largest absolute Gasteiger partial charge is 0.467 e. The summed E-state index contributed by atoms with van der Waals surface area (Å²) in [5.41, 5.74) is 0.928. The van der Waals surface area contributed by atoms with Crippen molar-refractivity contribution in [2.75, 3.05) is 13.7 Å². The Morgan fingerprint density at radius 1 is 1.14 bits per heavy atom. The van der Waals surface area contributed by atoms with E-state index in [-0.39, 0.29) is 18.9 Å². The van der Waals surface area contributed by atoms with Crippen molar-refractivity contribution in [3.05, 3.63) is 47.0 Å². The fraction of sp³-hybridized carbons (Fsp3) is 0.450. The summed E-state index contributed by atoms with van der Waals surface area (Å²) >= 11 is 3.18. The molecule has 1 rings (SSSR count). The molecule has 1 aromatic carbocycles. The zero-order valence-corrected chi connectivity index (χ0v) is 17.6. The number of alkyl carbamates (subject to hydrolysis) is 1. The number of halogens is 1. The summed E-state index contributed by atoms with van der Waals surface area (Å²) < 4.78 is 10.4. The van der Waals surface area contributed by atoms with Gasteiger partial charge in [-0.3, -0.25) is 4.79 Å². The molecule has 0 bridgehead atoms. The van der Waals surface area contributed by atoms with E-state index in [9.17, 15) is 14.4 Å². The zero-order valence-electron chi connectivity index (χ0n) is 16.0. The number of esters is 1. The summed E-state index contributed by atoms with van der Waals surface area (Å²) in [5.74, 6) is -0.730. The summed E-state index contributed by atoms with van der Waals surface area (Å²) in [6, 6.07) is 8.70. The van der Waals surface area contributed by atoms with Crippen LogP contribution in [0.15, 0.2) is 41.4 Å². The second-order valence-electron chi connectivity index (χ2n) is 6.16. The topological polar surface area (TPSA) is 93.7 Å². The molecular weight excluding hydrogens is 428 g/mol. The fourth-order valence-corrected chi connectivity index (χ4v) is 2.70. The van der Waals surface area contributed by atoms with Crippen molar-refractivity contribution >= 4 is 33.9 Å². The molecule has 0 unspecified atom stereocenters. The van der Waals surface area contributed by atoms with Crippen LogP contribution in [0.2, 0.25) is 0 Å². The molecule has 2 amide bonds. The molecule has 2 N–H and O–H groups in total. The van der Waals surface area contributed by atoms with Crippen LogP contribution in [0.25, 0.3) is 0 Å². The lowest BCUT2D eigenvalue weighted by atomic mass is 10.1. The second kappa shape index (κ2) is 13.8. The van der Waals surface area contributed by atoms with Crippen LogP contribution in [0.5, 0.6) is 0 Å². The van der Waals surface area contributed by atoms with E-state index < -0.39 is 18.1 Å². The van der Waals surface area contributed by atoms with E-state index in [1.807, 2.05) is 30.3 Å². The monoisotopic (exact) mass is 454 g/mol. The van der Waals surface area contributed by atoms with Crippen LogP contribution in [-0.4, -0.2) is 37.7 Å². The van der Waals surface area contributed by atoms with Crippen molar-refractivity contribution < 1.29 is 23.9 Å². The second-order valence-corrected chi connectivity index (χ2v) is 7.29. The summed E-state index contributed by atoms with van der Waals surface area (Å²) in [5, 5.41) is 5.33. The van der Waals surface area contributed by atoms with E-state index in [4.69, 9.17) is 4.74 Å². The molecule has 0 spiro atoms. The SMILES string of the molecule is C=C(Br)C[C@H](NC(=O)CCCCCNC(=O)OCc1ccccc1)C(=O)OC. The van der Waals surface area contributed by atoms with E-state index in [1.165, 1.54) is 7.11 Å². The number of ether oxygens (including phenoxy) is 2. The molecule has 0 aliphatic rings. The van der Waals surface area contributed by atoms with Gasteiger partial charge in [-0.25, -0.2) is 9.59 Å². The summed E-state index contributed by atoms with van der Waals surface area (Å²) in [7, 11) is 1.27. The van der Waals surface area contributed by atoms with Crippen LogP contribution in [0.4, 0.5) is 4.79 Å². The maximum absolute atomic E-state index is 12.0. The van der Waals surface area contributed by atoms with Gasteiger partial charge in [0.2, 0.25) is 5.91 Å². The number of carbonyl (C=O) groups is 3. The minimum atomic E-state index is -0.745. The Balaban J connectivity index is 2.12. The third-order valence-corrected chi connectivity index (χ3v) is 4.13. The maximum atomic E-state index is 12.0. The van der Waals surface area contributed by atoms with Gasteiger partial charge in [0, 0.05) is 19.4 Å². The molecule has 0 aliphatic carbocycles. The van der Waals surface area contributed by atoms with Gasteiger partial charge in [-0.15, -0.1) is 0 Å². The number of amides is 2. The van der Waals surface area contributed by atoms with Gasteiger partial charge in [-0.1, -0.05) is 59.3 Å². The molecule has 0 saturated carbocycles. The summed E-state index contributed by atoms with van der Waals surface area (Å²) in [4.78, 5) is 35.2. The lowest BCUT2D eigenvalue weighted by Gasteiger charge is -2.16. The Kier molecular flexibility index (Phi) is 11.6. The molecular formula is C20H27BrN2O5. The molecule has 0 radical (unpaired) electrons. The van der Waals surface area contributed by atoms with Gasteiger partial charge in [-0.2, -0.15) is 0 Å². The number of benzene rings is 1. The van der Waals surface area contributed by atoms with Gasteiger partial charge >= 0.3 is 12.1 Å². The minimum Gasteiger partial charge on any atom is -0.467 e. The highest BCUT2D eigenvalue weighted by molar-refractivity contribution is 9.11. The van der Waals surface area contributed by atoms with E-state index in [2.05, 4.69) is 37.9 Å². The molecule has 1 atom stereocenters. The highest BCUT2D eigenvalue weighted by atomic mass is 79.9. The van der Waals surface area contributed by atoms with Gasteiger partial charge in [-0.05, 0) is 22.9 Å². The average Bonchev–Trinajstić information content (AvgIpc) is 2.68. The van der Waals surface area contributed by atoms with Crippen LogP contribution in [0.3, 0.4) is 0 Å². The number of carbonyl (C=O) groups excluding carboxylic acids is 3. The summed E-state index contributed by atoms with van der Waals surface area (Å²) in [6.07, 6.45) is 2.24. The molecule has 154 valence electrons. The van der Waals surface area contributed by atoms with Crippen LogP contribution in [-0.2, 0) is 25.7 Å². The van der Waals surface area contributed by atoms with E-state index in [0.717, 1.165) is 18.4 Å². The molecule has 0 aromatic heterocycles. The molecule has 0 aliphatic heterocycles. The van der Waals surface area contributed by atoms with Crippen LogP contribution in [0, 0.1) is 0 Å². The molecule has 0 heterocycles. The Hall–Kier alpha value is -2.35. The Morgan fingerprint density at radius 3 is 2.50 bits per heavy atom. The predicted octanol–water partition coefficient (Wildman–Crippen LogP) is 3.43. The fourth-order valence-electron chi connectivity index (χ4n) is 2.38. The Labute approximate surface area is 174 Å².